The fourth-order valence-corrected chi connectivity index (χ4v) is 2.35. The second kappa shape index (κ2) is 5.80. The zero-order valence-electron chi connectivity index (χ0n) is 11.5. The molecule has 5 heteroatoms. The van der Waals surface area contributed by atoms with E-state index in [1.54, 1.807) is 0 Å². The molecule has 1 saturated heterocycles. The van der Waals surface area contributed by atoms with Crippen molar-refractivity contribution in [1.82, 2.24) is 15.5 Å². The second-order valence-electron chi connectivity index (χ2n) is 5.37. The van der Waals surface area contributed by atoms with Crippen molar-refractivity contribution in [2.45, 2.75) is 45.6 Å². The Labute approximate surface area is 108 Å². The molecule has 1 aromatic heterocycles. The van der Waals surface area contributed by atoms with Crippen LogP contribution in [0.15, 0.2) is 4.52 Å². The molecule has 1 atom stereocenters. The summed E-state index contributed by atoms with van der Waals surface area (Å²) < 4.78 is 11.0. The summed E-state index contributed by atoms with van der Waals surface area (Å²) in [5.74, 6) is 1.98. The summed E-state index contributed by atoms with van der Waals surface area (Å²) in [4.78, 5) is 4.46. The Bertz CT molecular complexity index is 370. The molecule has 0 spiro atoms. The predicted molar refractivity (Wildman–Crippen MR) is 68.2 cm³/mol. The molecule has 2 heterocycles. The van der Waals surface area contributed by atoms with E-state index >= 15 is 0 Å². The molecule has 1 aliphatic rings. The van der Waals surface area contributed by atoms with Gasteiger partial charge in [-0.1, -0.05) is 5.16 Å². The van der Waals surface area contributed by atoms with E-state index < -0.39 is 5.60 Å². The standard InChI is InChI=1S/C13H23N3O2/c1-4-17-13(2,3)12-15-11(18-16-12)8-10-6-5-7-14-9-10/h10,14H,4-9H2,1-3H3. The average molecular weight is 253 g/mol. The molecule has 0 aromatic carbocycles. The Balaban J connectivity index is 1.96. The number of hydrogen-bond donors (Lipinski definition) is 1. The lowest BCUT2D eigenvalue weighted by Gasteiger charge is -2.21. The smallest absolute Gasteiger partial charge is 0.227 e. The highest BCUT2D eigenvalue weighted by molar-refractivity contribution is 4.98. The SMILES string of the molecule is CCOC(C)(C)c1noc(CC2CCCNC2)n1. The number of piperidine rings is 1. The maximum absolute atomic E-state index is 5.62. The van der Waals surface area contributed by atoms with Gasteiger partial charge in [-0.25, -0.2) is 0 Å². The van der Waals surface area contributed by atoms with Gasteiger partial charge in [0.05, 0.1) is 0 Å². The molecule has 0 amide bonds. The van der Waals surface area contributed by atoms with Crippen molar-refractivity contribution < 1.29 is 9.26 Å². The van der Waals surface area contributed by atoms with Crippen molar-refractivity contribution in [3.8, 4) is 0 Å². The third kappa shape index (κ3) is 3.29. The summed E-state index contributed by atoms with van der Waals surface area (Å²) in [6.45, 7) is 8.72. The maximum Gasteiger partial charge on any atom is 0.227 e. The molecule has 2 rings (SSSR count). The third-order valence-electron chi connectivity index (χ3n) is 3.37. The molecule has 1 N–H and O–H groups in total. The van der Waals surface area contributed by atoms with E-state index in [2.05, 4.69) is 15.5 Å². The molecule has 18 heavy (non-hydrogen) atoms. The Morgan fingerprint density at radius 3 is 3.00 bits per heavy atom. The topological polar surface area (TPSA) is 60.2 Å². The molecule has 102 valence electrons. The highest BCUT2D eigenvalue weighted by atomic mass is 16.5. The fraction of sp³-hybridized carbons (Fsp3) is 0.846. The van der Waals surface area contributed by atoms with Crippen LogP contribution >= 0.6 is 0 Å². The Kier molecular flexibility index (Phi) is 4.35. The van der Waals surface area contributed by atoms with Crippen molar-refractivity contribution in [3.05, 3.63) is 11.7 Å². The van der Waals surface area contributed by atoms with Crippen LogP contribution in [0.4, 0.5) is 0 Å². The van der Waals surface area contributed by atoms with Gasteiger partial charge >= 0.3 is 0 Å². The number of ether oxygens (including phenoxy) is 1. The van der Waals surface area contributed by atoms with E-state index in [9.17, 15) is 0 Å². The van der Waals surface area contributed by atoms with E-state index in [-0.39, 0.29) is 0 Å². The first-order chi connectivity index (χ1) is 8.62. The lowest BCUT2D eigenvalue weighted by molar-refractivity contribution is -0.0221. The minimum atomic E-state index is -0.471. The molecule has 1 aliphatic heterocycles. The molecule has 1 unspecified atom stereocenters. The van der Waals surface area contributed by atoms with Crippen molar-refractivity contribution >= 4 is 0 Å². The molecular formula is C13H23N3O2. The lowest BCUT2D eigenvalue weighted by atomic mass is 9.96. The van der Waals surface area contributed by atoms with Crippen LogP contribution in [0.2, 0.25) is 0 Å². The van der Waals surface area contributed by atoms with Crippen molar-refractivity contribution in [1.29, 1.82) is 0 Å². The molecule has 0 radical (unpaired) electrons. The van der Waals surface area contributed by atoms with Crippen LogP contribution in [0.1, 0.15) is 45.3 Å². The largest absolute Gasteiger partial charge is 0.368 e. The van der Waals surface area contributed by atoms with Gasteiger partial charge in [-0.15, -0.1) is 0 Å². The van der Waals surface area contributed by atoms with Crippen molar-refractivity contribution in [2.75, 3.05) is 19.7 Å². The highest BCUT2D eigenvalue weighted by Gasteiger charge is 2.27. The quantitative estimate of drug-likeness (QED) is 0.868. The zero-order chi connectivity index (χ0) is 13.0. The zero-order valence-corrected chi connectivity index (χ0v) is 11.5. The summed E-state index contributed by atoms with van der Waals surface area (Å²) in [6.07, 6.45) is 3.33. The van der Waals surface area contributed by atoms with Gasteiger partial charge in [-0.2, -0.15) is 4.98 Å². The highest BCUT2D eigenvalue weighted by Crippen LogP contribution is 2.23. The Morgan fingerprint density at radius 2 is 2.33 bits per heavy atom. The van der Waals surface area contributed by atoms with Crippen LogP contribution in [0.25, 0.3) is 0 Å². The number of nitrogens with one attached hydrogen (secondary N) is 1. The minimum absolute atomic E-state index is 0.471. The van der Waals surface area contributed by atoms with E-state index in [1.165, 1.54) is 12.8 Å². The minimum Gasteiger partial charge on any atom is -0.368 e. The molecule has 0 saturated carbocycles. The van der Waals surface area contributed by atoms with Gasteiger partial charge in [0, 0.05) is 13.0 Å². The first-order valence-corrected chi connectivity index (χ1v) is 6.79. The Hall–Kier alpha value is -0.940. The molecule has 0 bridgehead atoms. The molecule has 1 aromatic rings. The molecule has 0 aliphatic carbocycles. The Morgan fingerprint density at radius 1 is 1.50 bits per heavy atom. The van der Waals surface area contributed by atoms with Gasteiger partial charge in [0.15, 0.2) is 0 Å². The van der Waals surface area contributed by atoms with Gasteiger partial charge in [-0.05, 0) is 52.6 Å². The normalized spacial score (nSPS) is 21.2. The van der Waals surface area contributed by atoms with Gasteiger partial charge < -0.3 is 14.6 Å². The summed E-state index contributed by atoms with van der Waals surface area (Å²) in [5.41, 5.74) is -0.471. The fourth-order valence-electron chi connectivity index (χ4n) is 2.35. The first-order valence-electron chi connectivity index (χ1n) is 6.79. The summed E-state index contributed by atoms with van der Waals surface area (Å²) in [7, 11) is 0. The van der Waals surface area contributed by atoms with Crippen molar-refractivity contribution in [2.24, 2.45) is 5.92 Å². The van der Waals surface area contributed by atoms with Gasteiger partial charge in [0.1, 0.15) is 5.60 Å². The van der Waals surface area contributed by atoms with Crippen LogP contribution in [0.3, 0.4) is 0 Å². The first kappa shape index (κ1) is 13.5. The van der Waals surface area contributed by atoms with E-state index in [1.807, 2.05) is 20.8 Å². The van der Waals surface area contributed by atoms with Crippen molar-refractivity contribution in [3.63, 3.8) is 0 Å². The van der Waals surface area contributed by atoms with E-state index in [4.69, 9.17) is 9.26 Å². The lowest BCUT2D eigenvalue weighted by Crippen LogP contribution is -2.31. The number of aromatic nitrogens is 2. The van der Waals surface area contributed by atoms with Crippen LogP contribution in [0.5, 0.6) is 0 Å². The number of hydrogen-bond acceptors (Lipinski definition) is 5. The van der Waals surface area contributed by atoms with E-state index in [0.717, 1.165) is 25.4 Å². The van der Waals surface area contributed by atoms with Gasteiger partial charge in [0.25, 0.3) is 0 Å². The summed E-state index contributed by atoms with van der Waals surface area (Å²) in [5, 5.41) is 7.44. The summed E-state index contributed by atoms with van der Waals surface area (Å²) in [6, 6.07) is 0. The monoisotopic (exact) mass is 253 g/mol. The number of rotatable bonds is 5. The maximum atomic E-state index is 5.62. The predicted octanol–water partition coefficient (Wildman–Crippen LogP) is 1.88. The molecule has 5 nitrogen and oxygen atoms in total. The van der Waals surface area contributed by atoms with Gasteiger partial charge in [0.2, 0.25) is 11.7 Å². The summed E-state index contributed by atoms with van der Waals surface area (Å²) >= 11 is 0. The molecular weight excluding hydrogens is 230 g/mol. The van der Waals surface area contributed by atoms with Gasteiger partial charge in [-0.3, -0.25) is 0 Å². The average Bonchev–Trinajstić information content (AvgIpc) is 2.79. The second-order valence-corrected chi connectivity index (χ2v) is 5.37. The van der Waals surface area contributed by atoms with Crippen LogP contribution < -0.4 is 5.32 Å². The van der Waals surface area contributed by atoms with Crippen LogP contribution in [0, 0.1) is 5.92 Å². The molecule has 1 fully saturated rings. The third-order valence-corrected chi connectivity index (χ3v) is 3.37. The van der Waals surface area contributed by atoms with E-state index in [0.29, 0.717) is 18.3 Å². The number of nitrogens with zero attached hydrogens (tertiary/aromatic N) is 2. The van der Waals surface area contributed by atoms with Crippen LogP contribution in [-0.4, -0.2) is 29.8 Å². The van der Waals surface area contributed by atoms with Crippen LogP contribution in [-0.2, 0) is 16.8 Å².